The van der Waals surface area contributed by atoms with Crippen LogP contribution in [0.5, 0.6) is 11.5 Å². The minimum atomic E-state index is -0.451. The molecule has 1 aromatic rings. The van der Waals surface area contributed by atoms with Gasteiger partial charge < -0.3 is 9.84 Å². The molecule has 0 fully saturated rings. The molecule has 16 heavy (non-hydrogen) atoms. The fraction of sp³-hybridized carbons (Fsp3) is 0.308. The maximum Gasteiger partial charge on any atom is 0.338 e. The van der Waals surface area contributed by atoms with E-state index < -0.39 is 5.97 Å². The number of hydrogen-bond donors (Lipinski definition) is 1. The lowest BCUT2D eigenvalue weighted by molar-refractivity contribution is -0.130. The molecule has 0 bridgehead atoms. The highest BCUT2D eigenvalue weighted by atomic mass is 16.5. The maximum absolute atomic E-state index is 11.4. The van der Waals surface area contributed by atoms with Crippen molar-refractivity contribution in [2.24, 2.45) is 0 Å². The molecular weight excluding hydrogens is 204 g/mol. The van der Waals surface area contributed by atoms with E-state index in [2.05, 4.69) is 6.58 Å². The van der Waals surface area contributed by atoms with Crippen LogP contribution in [0.15, 0.2) is 30.4 Å². The number of rotatable bonds is 3. The summed E-state index contributed by atoms with van der Waals surface area (Å²) in [4.78, 5) is 11.4. The zero-order valence-corrected chi connectivity index (χ0v) is 9.78. The molecule has 86 valence electrons. The van der Waals surface area contributed by atoms with Gasteiger partial charge in [0.15, 0.2) is 0 Å². The van der Waals surface area contributed by atoms with Crippen molar-refractivity contribution in [1.82, 2.24) is 0 Å². The zero-order chi connectivity index (χ0) is 12.3. The van der Waals surface area contributed by atoms with E-state index in [1.165, 1.54) is 6.07 Å². The number of carbonyl (C=O) groups is 1. The third-order valence-corrected chi connectivity index (χ3v) is 2.17. The summed E-state index contributed by atoms with van der Waals surface area (Å²) >= 11 is 0. The van der Waals surface area contributed by atoms with Gasteiger partial charge in [0.1, 0.15) is 11.5 Å². The molecule has 0 atom stereocenters. The summed E-state index contributed by atoms with van der Waals surface area (Å²) in [5.41, 5.74) is 1.15. The van der Waals surface area contributed by atoms with E-state index >= 15 is 0 Å². The minimum absolute atomic E-state index is 0.166. The SMILES string of the molecule is C=C(C)C(=O)Oc1ccc(O)cc1C(C)C. The third kappa shape index (κ3) is 2.86. The van der Waals surface area contributed by atoms with E-state index in [0.29, 0.717) is 11.3 Å². The molecule has 0 radical (unpaired) electrons. The summed E-state index contributed by atoms with van der Waals surface area (Å²) in [7, 11) is 0. The molecular formula is C13H16O3. The van der Waals surface area contributed by atoms with E-state index in [1.54, 1.807) is 19.1 Å². The molecule has 1 aromatic carbocycles. The van der Waals surface area contributed by atoms with Crippen molar-refractivity contribution < 1.29 is 14.6 Å². The molecule has 0 aliphatic heterocycles. The summed E-state index contributed by atoms with van der Waals surface area (Å²) in [6, 6.07) is 4.68. The summed E-state index contributed by atoms with van der Waals surface area (Å²) < 4.78 is 5.17. The van der Waals surface area contributed by atoms with E-state index in [-0.39, 0.29) is 11.7 Å². The Hall–Kier alpha value is -1.77. The van der Waals surface area contributed by atoms with Gasteiger partial charge in [0, 0.05) is 11.1 Å². The largest absolute Gasteiger partial charge is 0.508 e. The molecule has 0 amide bonds. The Kier molecular flexibility index (Phi) is 3.72. The molecule has 0 saturated carbocycles. The molecule has 3 heteroatoms. The molecule has 3 nitrogen and oxygen atoms in total. The van der Waals surface area contributed by atoms with Crippen LogP contribution in [-0.2, 0) is 4.79 Å². The molecule has 1 N–H and O–H groups in total. The summed E-state index contributed by atoms with van der Waals surface area (Å²) in [5.74, 6) is 0.354. The quantitative estimate of drug-likeness (QED) is 0.484. The molecule has 1 rings (SSSR count). The highest BCUT2D eigenvalue weighted by Crippen LogP contribution is 2.30. The normalized spacial score (nSPS) is 10.2. The van der Waals surface area contributed by atoms with Crippen LogP contribution in [0.4, 0.5) is 0 Å². The third-order valence-electron chi connectivity index (χ3n) is 2.17. The van der Waals surface area contributed by atoms with E-state index in [9.17, 15) is 9.90 Å². The summed E-state index contributed by atoms with van der Waals surface area (Å²) in [5, 5.41) is 9.37. The molecule has 0 heterocycles. The Bertz CT molecular complexity index is 419. The van der Waals surface area contributed by atoms with Gasteiger partial charge >= 0.3 is 5.97 Å². The number of ether oxygens (including phenoxy) is 1. The van der Waals surface area contributed by atoms with Gasteiger partial charge in [-0.15, -0.1) is 0 Å². The maximum atomic E-state index is 11.4. The highest BCUT2D eigenvalue weighted by Gasteiger charge is 2.12. The second-order valence-electron chi connectivity index (χ2n) is 4.05. The van der Waals surface area contributed by atoms with Crippen molar-refractivity contribution in [2.75, 3.05) is 0 Å². The van der Waals surface area contributed by atoms with Crippen LogP contribution in [-0.4, -0.2) is 11.1 Å². The number of phenols is 1. The van der Waals surface area contributed by atoms with Gasteiger partial charge in [0.25, 0.3) is 0 Å². The average molecular weight is 220 g/mol. The molecule has 0 spiro atoms. The smallest absolute Gasteiger partial charge is 0.338 e. The Balaban J connectivity index is 3.04. The van der Waals surface area contributed by atoms with Gasteiger partial charge in [-0.2, -0.15) is 0 Å². The van der Waals surface area contributed by atoms with Crippen LogP contribution >= 0.6 is 0 Å². The Morgan fingerprint density at radius 3 is 2.56 bits per heavy atom. The van der Waals surface area contributed by atoms with Gasteiger partial charge in [0.05, 0.1) is 0 Å². The molecule has 0 aliphatic carbocycles. The lowest BCUT2D eigenvalue weighted by Gasteiger charge is -2.12. The van der Waals surface area contributed by atoms with Crippen LogP contribution in [0.3, 0.4) is 0 Å². The number of hydrogen-bond acceptors (Lipinski definition) is 3. The predicted molar refractivity (Wildman–Crippen MR) is 62.6 cm³/mol. The number of carbonyl (C=O) groups excluding carboxylic acids is 1. The van der Waals surface area contributed by atoms with Gasteiger partial charge in [0.2, 0.25) is 0 Å². The Labute approximate surface area is 95.4 Å². The first kappa shape index (κ1) is 12.3. The molecule has 0 unspecified atom stereocenters. The lowest BCUT2D eigenvalue weighted by Crippen LogP contribution is -2.10. The van der Waals surface area contributed by atoms with Crippen molar-refractivity contribution in [3.05, 3.63) is 35.9 Å². The van der Waals surface area contributed by atoms with Crippen LogP contribution in [0, 0.1) is 0 Å². The second-order valence-corrected chi connectivity index (χ2v) is 4.05. The number of benzene rings is 1. The summed E-state index contributed by atoms with van der Waals surface area (Å²) in [6.45, 7) is 9.04. The van der Waals surface area contributed by atoms with Crippen LogP contribution in [0.25, 0.3) is 0 Å². The summed E-state index contributed by atoms with van der Waals surface area (Å²) in [6.07, 6.45) is 0. The first-order valence-electron chi connectivity index (χ1n) is 5.12. The van der Waals surface area contributed by atoms with Gasteiger partial charge in [-0.05, 0) is 31.0 Å². The minimum Gasteiger partial charge on any atom is -0.508 e. The average Bonchev–Trinajstić information content (AvgIpc) is 2.20. The Morgan fingerprint density at radius 1 is 1.44 bits per heavy atom. The van der Waals surface area contributed by atoms with E-state index in [1.807, 2.05) is 13.8 Å². The fourth-order valence-electron chi connectivity index (χ4n) is 1.27. The topological polar surface area (TPSA) is 46.5 Å². The van der Waals surface area contributed by atoms with Crippen molar-refractivity contribution in [2.45, 2.75) is 26.7 Å². The number of aromatic hydroxyl groups is 1. The monoisotopic (exact) mass is 220 g/mol. The van der Waals surface area contributed by atoms with E-state index in [4.69, 9.17) is 4.74 Å². The van der Waals surface area contributed by atoms with Crippen molar-refractivity contribution in [3.8, 4) is 11.5 Å². The van der Waals surface area contributed by atoms with Crippen LogP contribution < -0.4 is 4.74 Å². The molecule has 0 aromatic heterocycles. The number of esters is 1. The van der Waals surface area contributed by atoms with Gasteiger partial charge in [-0.1, -0.05) is 20.4 Å². The highest BCUT2D eigenvalue weighted by molar-refractivity contribution is 5.89. The molecule has 0 aliphatic rings. The first-order valence-corrected chi connectivity index (χ1v) is 5.12. The lowest BCUT2D eigenvalue weighted by atomic mass is 10.0. The number of phenolic OH excluding ortho intramolecular Hbond substituents is 1. The fourth-order valence-corrected chi connectivity index (χ4v) is 1.27. The standard InChI is InChI=1S/C13H16O3/c1-8(2)11-7-10(14)5-6-12(11)16-13(15)9(3)4/h5-8,14H,3H2,1-2,4H3. The van der Waals surface area contributed by atoms with Crippen molar-refractivity contribution in [1.29, 1.82) is 0 Å². The first-order chi connectivity index (χ1) is 7.41. The van der Waals surface area contributed by atoms with Crippen LogP contribution in [0.1, 0.15) is 32.3 Å². The van der Waals surface area contributed by atoms with Crippen molar-refractivity contribution >= 4 is 5.97 Å². The Morgan fingerprint density at radius 2 is 2.06 bits per heavy atom. The molecule has 0 saturated heterocycles. The predicted octanol–water partition coefficient (Wildman–Crippen LogP) is 3.00. The second kappa shape index (κ2) is 4.84. The van der Waals surface area contributed by atoms with Crippen LogP contribution in [0.2, 0.25) is 0 Å². The van der Waals surface area contributed by atoms with Gasteiger partial charge in [-0.3, -0.25) is 0 Å². The zero-order valence-electron chi connectivity index (χ0n) is 9.78. The van der Waals surface area contributed by atoms with Gasteiger partial charge in [-0.25, -0.2) is 4.79 Å². The van der Waals surface area contributed by atoms with E-state index in [0.717, 1.165) is 5.56 Å². The van der Waals surface area contributed by atoms with Crippen molar-refractivity contribution in [3.63, 3.8) is 0 Å².